The first-order valence-corrected chi connectivity index (χ1v) is 4.79. The van der Waals surface area contributed by atoms with E-state index >= 15 is 0 Å². The van der Waals surface area contributed by atoms with Crippen molar-refractivity contribution in [2.75, 3.05) is 12.8 Å². The smallest absolute Gasteiger partial charge is 0.346 e. The largest absolute Gasteiger partial charge is 0.466 e. The van der Waals surface area contributed by atoms with E-state index in [9.17, 15) is 14.0 Å². The van der Waals surface area contributed by atoms with Gasteiger partial charge in [-0.25, -0.2) is 14.0 Å². The van der Waals surface area contributed by atoms with Crippen molar-refractivity contribution in [3.8, 4) is 0 Å². The van der Waals surface area contributed by atoms with Crippen molar-refractivity contribution in [3.05, 3.63) is 29.6 Å². The summed E-state index contributed by atoms with van der Waals surface area (Å²) in [6.45, 7) is 1.35. The molecule has 1 unspecified atom stereocenters. The molecular weight excluding hydrogens is 229 g/mol. The minimum absolute atomic E-state index is 0.0572. The third-order valence-corrected chi connectivity index (χ3v) is 1.97. The molecule has 0 amide bonds. The number of rotatable bonds is 3. The molecule has 6 heteroatoms. The standard InChI is InChI=1S/C11H12FNO4/c1-6(10(14)16-2)17-11(15)7-3-8(12)5-9(13)4-7/h3-6H,13H2,1-2H3. The molecule has 0 spiro atoms. The number of nitrogens with two attached hydrogens (primary N) is 1. The van der Waals surface area contributed by atoms with Crippen LogP contribution in [0, 0.1) is 5.82 Å². The molecule has 0 saturated heterocycles. The molecule has 2 N–H and O–H groups in total. The molecule has 1 rings (SSSR count). The van der Waals surface area contributed by atoms with Crippen molar-refractivity contribution in [2.24, 2.45) is 0 Å². The number of ether oxygens (including phenoxy) is 2. The molecule has 1 aromatic rings. The molecule has 1 atom stereocenters. The second kappa shape index (κ2) is 5.29. The highest BCUT2D eigenvalue weighted by molar-refractivity contribution is 5.92. The Kier molecular flexibility index (Phi) is 4.03. The first-order chi connectivity index (χ1) is 7.93. The molecule has 0 aliphatic carbocycles. The first-order valence-electron chi connectivity index (χ1n) is 4.79. The lowest BCUT2D eigenvalue weighted by Gasteiger charge is -2.11. The maximum Gasteiger partial charge on any atom is 0.346 e. The minimum Gasteiger partial charge on any atom is -0.466 e. The van der Waals surface area contributed by atoms with Gasteiger partial charge in [-0.1, -0.05) is 0 Å². The molecule has 92 valence electrons. The predicted molar refractivity (Wildman–Crippen MR) is 57.7 cm³/mol. The van der Waals surface area contributed by atoms with Gasteiger partial charge in [0, 0.05) is 5.69 Å². The lowest BCUT2D eigenvalue weighted by molar-refractivity contribution is -0.149. The van der Waals surface area contributed by atoms with Crippen LogP contribution in [0.3, 0.4) is 0 Å². The normalized spacial score (nSPS) is 11.7. The molecule has 0 fully saturated rings. The number of anilines is 1. The maximum atomic E-state index is 13.0. The van der Waals surface area contributed by atoms with Crippen LogP contribution in [-0.2, 0) is 14.3 Å². The Morgan fingerprint density at radius 2 is 2.00 bits per heavy atom. The summed E-state index contributed by atoms with van der Waals surface area (Å²) in [5.41, 5.74) is 5.42. The Labute approximate surface area is 97.3 Å². The first kappa shape index (κ1) is 13.0. The second-order valence-corrected chi connectivity index (χ2v) is 3.34. The van der Waals surface area contributed by atoms with Gasteiger partial charge in [0.1, 0.15) is 5.82 Å². The fourth-order valence-electron chi connectivity index (χ4n) is 1.17. The molecule has 0 heterocycles. The van der Waals surface area contributed by atoms with Crippen molar-refractivity contribution < 1.29 is 23.5 Å². The van der Waals surface area contributed by atoms with Gasteiger partial charge < -0.3 is 15.2 Å². The summed E-state index contributed by atoms with van der Waals surface area (Å²) < 4.78 is 22.1. The molecule has 0 aliphatic heterocycles. The Morgan fingerprint density at radius 1 is 1.35 bits per heavy atom. The topological polar surface area (TPSA) is 78.6 Å². The zero-order valence-electron chi connectivity index (χ0n) is 9.40. The Balaban J connectivity index is 2.79. The van der Waals surface area contributed by atoms with Gasteiger partial charge in [-0.3, -0.25) is 0 Å². The summed E-state index contributed by atoms with van der Waals surface area (Å²) in [5, 5.41) is 0. The third-order valence-electron chi connectivity index (χ3n) is 1.97. The van der Waals surface area contributed by atoms with E-state index < -0.39 is 23.9 Å². The summed E-state index contributed by atoms with van der Waals surface area (Å²) in [6, 6.07) is 3.30. The lowest BCUT2D eigenvalue weighted by atomic mass is 10.2. The SMILES string of the molecule is COC(=O)C(C)OC(=O)c1cc(N)cc(F)c1. The number of hydrogen-bond acceptors (Lipinski definition) is 5. The summed E-state index contributed by atoms with van der Waals surface area (Å²) in [7, 11) is 1.17. The molecule has 0 saturated carbocycles. The average Bonchev–Trinajstić information content (AvgIpc) is 2.26. The van der Waals surface area contributed by atoms with E-state index in [4.69, 9.17) is 10.5 Å². The zero-order chi connectivity index (χ0) is 13.0. The van der Waals surface area contributed by atoms with E-state index in [0.717, 1.165) is 12.1 Å². The van der Waals surface area contributed by atoms with Gasteiger partial charge in [0.25, 0.3) is 0 Å². The van der Waals surface area contributed by atoms with Gasteiger partial charge in [-0.05, 0) is 25.1 Å². The molecule has 0 radical (unpaired) electrons. The molecule has 0 aliphatic rings. The van der Waals surface area contributed by atoms with Gasteiger partial charge in [-0.2, -0.15) is 0 Å². The van der Waals surface area contributed by atoms with Crippen molar-refractivity contribution in [3.63, 3.8) is 0 Å². The van der Waals surface area contributed by atoms with Gasteiger partial charge in [0.2, 0.25) is 0 Å². The zero-order valence-corrected chi connectivity index (χ0v) is 9.40. The maximum absolute atomic E-state index is 13.0. The van der Waals surface area contributed by atoms with Crippen LogP contribution in [0.1, 0.15) is 17.3 Å². The fraction of sp³-hybridized carbons (Fsp3) is 0.273. The number of esters is 2. The third kappa shape index (κ3) is 3.44. The highest BCUT2D eigenvalue weighted by atomic mass is 19.1. The number of benzene rings is 1. The summed E-state index contributed by atoms with van der Waals surface area (Å²) >= 11 is 0. The monoisotopic (exact) mass is 241 g/mol. The average molecular weight is 241 g/mol. The van der Waals surface area contributed by atoms with E-state index in [1.807, 2.05) is 0 Å². The Morgan fingerprint density at radius 3 is 2.53 bits per heavy atom. The minimum atomic E-state index is -1.06. The lowest BCUT2D eigenvalue weighted by Crippen LogP contribution is -2.25. The highest BCUT2D eigenvalue weighted by Crippen LogP contribution is 2.12. The van der Waals surface area contributed by atoms with Crippen LogP contribution < -0.4 is 5.73 Å². The Hall–Kier alpha value is -2.11. The summed E-state index contributed by atoms with van der Waals surface area (Å²) in [6.07, 6.45) is -1.06. The van der Waals surface area contributed by atoms with Crippen LogP contribution in [0.2, 0.25) is 0 Å². The molecule has 5 nitrogen and oxygen atoms in total. The van der Waals surface area contributed by atoms with Gasteiger partial charge in [0.15, 0.2) is 6.10 Å². The van der Waals surface area contributed by atoms with Crippen molar-refractivity contribution in [2.45, 2.75) is 13.0 Å². The van der Waals surface area contributed by atoms with Gasteiger partial charge >= 0.3 is 11.9 Å². The van der Waals surface area contributed by atoms with E-state index in [1.165, 1.54) is 20.1 Å². The van der Waals surface area contributed by atoms with E-state index in [2.05, 4.69) is 4.74 Å². The van der Waals surface area contributed by atoms with Crippen molar-refractivity contribution >= 4 is 17.6 Å². The van der Waals surface area contributed by atoms with Crippen molar-refractivity contribution in [1.82, 2.24) is 0 Å². The molecule has 0 bridgehead atoms. The number of hydrogen-bond donors (Lipinski definition) is 1. The molecule has 1 aromatic carbocycles. The Bertz CT molecular complexity index is 427. The highest BCUT2D eigenvalue weighted by Gasteiger charge is 2.19. The van der Waals surface area contributed by atoms with E-state index in [-0.39, 0.29) is 11.3 Å². The summed E-state index contributed by atoms with van der Waals surface area (Å²) in [5.74, 6) is -2.18. The van der Waals surface area contributed by atoms with E-state index in [1.54, 1.807) is 0 Å². The number of halogens is 1. The van der Waals surface area contributed by atoms with Gasteiger partial charge in [0.05, 0.1) is 12.7 Å². The van der Waals surface area contributed by atoms with Crippen LogP contribution in [0.4, 0.5) is 10.1 Å². The van der Waals surface area contributed by atoms with E-state index in [0.29, 0.717) is 0 Å². The molecule has 17 heavy (non-hydrogen) atoms. The van der Waals surface area contributed by atoms with Crippen molar-refractivity contribution in [1.29, 1.82) is 0 Å². The van der Waals surface area contributed by atoms with Crippen LogP contribution in [0.15, 0.2) is 18.2 Å². The second-order valence-electron chi connectivity index (χ2n) is 3.34. The molecular formula is C11H12FNO4. The van der Waals surface area contributed by atoms with Crippen LogP contribution in [0.25, 0.3) is 0 Å². The number of methoxy groups -OCH3 is 1. The fourth-order valence-corrected chi connectivity index (χ4v) is 1.17. The predicted octanol–water partition coefficient (Wildman–Crippen LogP) is 1.13. The molecule has 0 aromatic heterocycles. The number of carbonyl (C=O) groups is 2. The quantitative estimate of drug-likeness (QED) is 0.633. The summed E-state index contributed by atoms with van der Waals surface area (Å²) in [4.78, 5) is 22.5. The number of carbonyl (C=O) groups excluding carboxylic acids is 2. The van der Waals surface area contributed by atoms with Crippen LogP contribution >= 0.6 is 0 Å². The number of nitrogen functional groups attached to an aromatic ring is 1. The van der Waals surface area contributed by atoms with Gasteiger partial charge in [-0.15, -0.1) is 0 Å². The van der Waals surface area contributed by atoms with Crippen LogP contribution in [-0.4, -0.2) is 25.2 Å². The van der Waals surface area contributed by atoms with Crippen LogP contribution in [0.5, 0.6) is 0 Å².